The van der Waals surface area contributed by atoms with Gasteiger partial charge < -0.3 is 14.6 Å². The fraction of sp³-hybridized carbons (Fsp3) is 0.158. The molecule has 1 aromatic heterocycles. The molecule has 0 aliphatic carbocycles. The second kappa shape index (κ2) is 7.90. The summed E-state index contributed by atoms with van der Waals surface area (Å²) in [6.07, 6.45) is 1.83. The number of ether oxygens (including phenoxy) is 1. The maximum atomic E-state index is 12.2. The predicted molar refractivity (Wildman–Crippen MR) is 101 cm³/mol. The van der Waals surface area contributed by atoms with Crippen molar-refractivity contribution in [2.24, 2.45) is 7.05 Å². The largest absolute Gasteiger partial charge is 0.497 e. The molecule has 5 nitrogen and oxygen atoms in total. The number of aromatic nitrogens is 2. The van der Waals surface area contributed by atoms with Crippen LogP contribution in [0.4, 0.5) is 5.69 Å². The lowest BCUT2D eigenvalue weighted by Crippen LogP contribution is -2.14. The number of hydrogen-bond acceptors (Lipinski definition) is 4. The third kappa shape index (κ3) is 4.22. The smallest absolute Gasteiger partial charge is 0.234 e. The van der Waals surface area contributed by atoms with E-state index in [2.05, 4.69) is 10.3 Å². The molecule has 25 heavy (non-hydrogen) atoms. The van der Waals surface area contributed by atoms with Gasteiger partial charge in [-0.25, -0.2) is 4.98 Å². The summed E-state index contributed by atoms with van der Waals surface area (Å²) in [5.41, 5.74) is 2.84. The molecule has 0 saturated heterocycles. The first-order valence-corrected chi connectivity index (χ1v) is 8.80. The second-order valence-corrected chi connectivity index (χ2v) is 6.36. The van der Waals surface area contributed by atoms with E-state index in [9.17, 15) is 4.79 Å². The van der Waals surface area contributed by atoms with Crippen LogP contribution in [-0.4, -0.2) is 28.3 Å². The van der Waals surface area contributed by atoms with Gasteiger partial charge in [-0.2, -0.15) is 0 Å². The molecule has 0 radical (unpaired) electrons. The average Bonchev–Trinajstić information content (AvgIpc) is 3.01. The molecule has 2 aromatic carbocycles. The number of carbonyl (C=O) groups is 1. The minimum absolute atomic E-state index is 0.0810. The maximum Gasteiger partial charge on any atom is 0.234 e. The van der Waals surface area contributed by atoms with Crippen molar-refractivity contribution in [2.75, 3.05) is 18.2 Å². The summed E-state index contributed by atoms with van der Waals surface area (Å²) in [5.74, 6) is 0.917. The van der Waals surface area contributed by atoms with Gasteiger partial charge in [-0.15, -0.1) is 0 Å². The Balaban J connectivity index is 1.62. The number of amides is 1. The highest BCUT2D eigenvalue weighted by Crippen LogP contribution is 2.25. The van der Waals surface area contributed by atoms with Crippen molar-refractivity contribution < 1.29 is 9.53 Å². The van der Waals surface area contributed by atoms with Gasteiger partial charge in [0.25, 0.3) is 0 Å². The number of hydrogen-bond donors (Lipinski definition) is 1. The summed E-state index contributed by atoms with van der Waals surface area (Å²) >= 11 is 1.41. The number of imidazole rings is 1. The van der Waals surface area contributed by atoms with Crippen LogP contribution in [0.25, 0.3) is 11.3 Å². The average molecular weight is 353 g/mol. The van der Waals surface area contributed by atoms with Crippen LogP contribution in [-0.2, 0) is 11.8 Å². The molecular formula is C19H19N3O2S. The molecule has 0 saturated carbocycles. The van der Waals surface area contributed by atoms with Gasteiger partial charge in [-0.1, -0.05) is 48.2 Å². The topological polar surface area (TPSA) is 56.1 Å². The summed E-state index contributed by atoms with van der Waals surface area (Å²) in [6, 6.07) is 17.4. The van der Waals surface area contributed by atoms with Gasteiger partial charge in [0, 0.05) is 18.8 Å². The van der Waals surface area contributed by atoms with E-state index in [1.807, 2.05) is 66.3 Å². The molecule has 3 aromatic rings. The highest BCUT2D eigenvalue weighted by Gasteiger charge is 2.11. The quantitative estimate of drug-likeness (QED) is 0.685. The Morgan fingerprint density at radius 1 is 1.20 bits per heavy atom. The van der Waals surface area contributed by atoms with E-state index >= 15 is 0 Å². The zero-order valence-corrected chi connectivity index (χ0v) is 14.9. The Bertz CT molecular complexity index is 862. The second-order valence-electron chi connectivity index (χ2n) is 5.42. The molecular weight excluding hydrogens is 334 g/mol. The molecule has 0 spiro atoms. The van der Waals surface area contributed by atoms with Crippen molar-refractivity contribution in [1.82, 2.24) is 9.55 Å². The van der Waals surface area contributed by atoms with Crippen molar-refractivity contribution in [3.63, 3.8) is 0 Å². The van der Waals surface area contributed by atoms with Crippen molar-refractivity contribution in [3.8, 4) is 17.0 Å². The molecule has 0 bridgehead atoms. The summed E-state index contributed by atoms with van der Waals surface area (Å²) in [7, 11) is 3.56. The lowest BCUT2D eigenvalue weighted by molar-refractivity contribution is -0.113. The van der Waals surface area contributed by atoms with Gasteiger partial charge in [0.2, 0.25) is 5.91 Å². The molecule has 128 valence electrons. The van der Waals surface area contributed by atoms with Crippen LogP contribution < -0.4 is 10.1 Å². The first-order valence-electron chi connectivity index (χ1n) is 7.81. The molecule has 0 atom stereocenters. The summed E-state index contributed by atoms with van der Waals surface area (Å²) in [5, 5.41) is 3.67. The number of carbonyl (C=O) groups excluding carboxylic acids is 1. The number of nitrogens with one attached hydrogen (secondary N) is 1. The van der Waals surface area contributed by atoms with E-state index < -0.39 is 0 Å². The van der Waals surface area contributed by atoms with Crippen LogP contribution in [0, 0.1) is 0 Å². The molecule has 6 heteroatoms. The fourth-order valence-electron chi connectivity index (χ4n) is 2.43. The summed E-state index contributed by atoms with van der Waals surface area (Å²) in [4.78, 5) is 16.6. The van der Waals surface area contributed by atoms with Gasteiger partial charge in [0.1, 0.15) is 5.75 Å². The fourth-order valence-corrected chi connectivity index (χ4v) is 3.18. The lowest BCUT2D eigenvalue weighted by Gasteiger charge is -2.08. The standard InChI is InChI=1S/C19H19N3O2S/c1-22-17(14-7-4-3-5-8-14)12-20-19(22)25-13-18(23)21-15-9-6-10-16(11-15)24-2/h3-12H,13H2,1-2H3,(H,21,23). The van der Waals surface area contributed by atoms with E-state index in [1.54, 1.807) is 13.2 Å². The van der Waals surface area contributed by atoms with Gasteiger partial charge in [-0.3, -0.25) is 4.79 Å². The number of methoxy groups -OCH3 is 1. The number of benzene rings is 2. The maximum absolute atomic E-state index is 12.2. The molecule has 0 aliphatic heterocycles. The highest BCUT2D eigenvalue weighted by molar-refractivity contribution is 7.99. The van der Waals surface area contributed by atoms with Crippen LogP contribution in [0.2, 0.25) is 0 Å². The monoisotopic (exact) mass is 353 g/mol. The Hall–Kier alpha value is -2.73. The van der Waals surface area contributed by atoms with Crippen LogP contribution in [0.1, 0.15) is 0 Å². The summed E-state index contributed by atoms with van der Waals surface area (Å²) < 4.78 is 7.16. The SMILES string of the molecule is COc1cccc(NC(=O)CSc2ncc(-c3ccccc3)n2C)c1. The highest BCUT2D eigenvalue weighted by atomic mass is 32.2. The first-order chi connectivity index (χ1) is 12.2. The molecule has 1 heterocycles. The Kier molecular flexibility index (Phi) is 5.40. The van der Waals surface area contributed by atoms with E-state index in [1.165, 1.54) is 11.8 Å². The van der Waals surface area contributed by atoms with E-state index in [4.69, 9.17) is 4.74 Å². The molecule has 1 amide bonds. The van der Waals surface area contributed by atoms with E-state index in [0.29, 0.717) is 5.75 Å². The Morgan fingerprint density at radius 3 is 2.76 bits per heavy atom. The van der Waals surface area contributed by atoms with E-state index in [-0.39, 0.29) is 11.7 Å². The van der Waals surface area contributed by atoms with Gasteiger partial charge in [0.05, 0.1) is 24.8 Å². The van der Waals surface area contributed by atoms with Crippen LogP contribution in [0.3, 0.4) is 0 Å². The minimum atomic E-state index is -0.0810. The molecule has 3 rings (SSSR count). The van der Waals surface area contributed by atoms with E-state index in [0.717, 1.165) is 22.1 Å². The third-order valence-corrected chi connectivity index (χ3v) is 4.74. The minimum Gasteiger partial charge on any atom is -0.497 e. The van der Waals surface area contributed by atoms with Gasteiger partial charge >= 0.3 is 0 Å². The van der Waals surface area contributed by atoms with Crippen molar-refractivity contribution in [3.05, 3.63) is 60.8 Å². The van der Waals surface area contributed by atoms with Gasteiger partial charge in [0.15, 0.2) is 5.16 Å². The van der Waals surface area contributed by atoms with Crippen LogP contribution in [0.15, 0.2) is 66.0 Å². The zero-order chi connectivity index (χ0) is 17.6. The normalized spacial score (nSPS) is 10.5. The van der Waals surface area contributed by atoms with Crippen molar-refractivity contribution in [2.45, 2.75) is 5.16 Å². The Labute approximate surface area is 151 Å². The number of rotatable bonds is 6. The molecule has 1 N–H and O–H groups in total. The van der Waals surface area contributed by atoms with Crippen molar-refractivity contribution in [1.29, 1.82) is 0 Å². The molecule has 0 unspecified atom stereocenters. The number of thioether (sulfide) groups is 1. The van der Waals surface area contributed by atoms with Crippen molar-refractivity contribution >= 4 is 23.4 Å². The Morgan fingerprint density at radius 2 is 2.00 bits per heavy atom. The lowest BCUT2D eigenvalue weighted by atomic mass is 10.2. The molecule has 0 aliphatic rings. The zero-order valence-electron chi connectivity index (χ0n) is 14.1. The van der Waals surface area contributed by atoms with Crippen LogP contribution >= 0.6 is 11.8 Å². The first kappa shape index (κ1) is 17.1. The number of anilines is 1. The molecule has 0 fully saturated rings. The predicted octanol–water partition coefficient (Wildman–Crippen LogP) is 3.83. The van der Waals surface area contributed by atoms with Crippen LogP contribution in [0.5, 0.6) is 5.75 Å². The summed E-state index contributed by atoms with van der Waals surface area (Å²) in [6.45, 7) is 0. The third-order valence-electron chi connectivity index (χ3n) is 3.70. The number of nitrogens with zero attached hydrogens (tertiary/aromatic N) is 2. The van der Waals surface area contributed by atoms with Gasteiger partial charge in [-0.05, 0) is 17.7 Å².